The average molecular weight is 240 g/mol. The zero-order valence-electron chi connectivity index (χ0n) is 9.73. The summed E-state index contributed by atoms with van der Waals surface area (Å²) in [4.78, 5) is 12.7. The monoisotopic (exact) mass is 240 g/mol. The van der Waals surface area contributed by atoms with Crippen LogP contribution in [0.25, 0.3) is 0 Å². The summed E-state index contributed by atoms with van der Waals surface area (Å²) in [5.41, 5.74) is 0.923. The number of thioether (sulfide) groups is 1. The Labute approximate surface area is 100 Å². The second kappa shape index (κ2) is 6.55. The molecule has 0 saturated heterocycles. The summed E-state index contributed by atoms with van der Waals surface area (Å²) in [5, 5.41) is 0. The molecule has 0 radical (unpaired) electrons. The molecule has 0 saturated carbocycles. The second-order valence-corrected chi connectivity index (χ2v) is 4.18. The van der Waals surface area contributed by atoms with Crippen LogP contribution in [0.5, 0.6) is 0 Å². The first kappa shape index (κ1) is 13.1. The van der Waals surface area contributed by atoms with E-state index in [-0.39, 0.29) is 11.9 Å². The summed E-state index contributed by atoms with van der Waals surface area (Å²) in [6, 6.07) is 7.86. The molecule has 0 aliphatic heterocycles. The van der Waals surface area contributed by atoms with Crippen molar-refractivity contribution in [3.05, 3.63) is 29.8 Å². The Morgan fingerprint density at radius 2 is 1.94 bits per heavy atom. The van der Waals surface area contributed by atoms with Crippen LogP contribution in [0, 0.1) is 0 Å². The first-order chi connectivity index (χ1) is 7.72. The number of esters is 1. The van der Waals surface area contributed by atoms with E-state index in [9.17, 15) is 4.79 Å². The van der Waals surface area contributed by atoms with Crippen molar-refractivity contribution in [3.8, 4) is 0 Å². The van der Waals surface area contributed by atoms with Crippen molar-refractivity contribution in [1.82, 2.24) is 0 Å². The van der Waals surface area contributed by atoms with E-state index < -0.39 is 0 Å². The largest absolute Gasteiger partial charge is 0.468 e. The van der Waals surface area contributed by atoms with Gasteiger partial charge in [-0.1, -0.05) is 12.1 Å². The third-order valence-electron chi connectivity index (χ3n) is 2.34. The van der Waals surface area contributed by atoms with E-state index >= 15 is 0 Å². The number of hydrogen-bond donors (Lipinski definition) is 0. The Hall–Kier alpha value is -1.00. The van der Waals surface area contributed by atoms with Gasteiger partial charge in [0, 0.05) is 12.0 Å². The predicted octanol–water partition coefficient (Wildman–Crippen LogP) is 2.31. The molecule has 0 aliphatic carbocycles. The molecular weight excluding hydrogens is 224 g/mol. The molecule has 4 heteroatoms. The third-order valence-corrected chi connectivity index (χ3v) is 3.08. The molecule has 0 amide bonds. The van der Waals surface area contributed by atoms with Gasteiger partial charge >= 0.3 is 5.97 Å². The number of methoxy groups -OCH3 is 2. The quantitative estimate of drug-likeness (QED) is 0.584. The van der Waals surface area contributed by atoms with Gasteiger partial charge in [-0.2, -0.15) is 0 Å². The van der Waals surface area contributed by atoms with Gasteiger partial charge in [0.2, 0.25) is 0 Å². The normalized spacial score (nSPS) is 12.2. The molecule has 0 bridgehead atoms. The predicted molar refractivity (Wildman–Crippen MR) is 64.9 cm³/mol. The Bertz CT molecular complexity index is 335. The third kappa shape index (κ3) is 3.25. The maximum absolute atomic E-state index is 11.5. The van der Waals surface area contributed by atoms with Crippen LogP contribution >= 0.6 is 11.8 Å². The Balaban J connectivity index is 2.87. The highest BCUT2D eigenvalue weighted by Gasteiger charge is 2.20. The van der Waals surface area contributed by atoms with Gasteiger partial charge in [0.15, 0.2) is 0 Å². The smallest absolute Gasteiger partial charge is 0.315 e. The van der Waals surface area contributed by atoms with Crippen molar-refractivity contribution in [3.63, 3.8) is 0 Å². The minimum absolute atomic E-state index is 0.265. The minimum atomic E-state index is -0.342. The van der Waals surface area contributed by atoms with Gasteiger partial charge in [-0.05, 0) is 24.0 Å². The fourth-order valence-electron chi connectivity index (χ4n) is 1.45. The molecule has 1 atom stereocenters. The van der Waals surface area contributed by atoms with Crippen LogP contribution in [0.4, 0.5) is 0 Å². The fourth-order valence-corrected chi connectivity index (χ4v) is 1.85. The van der Waals surface area contributed by atoms with Crippen LogP contribution in [0.1, 0.15) is 11.5 Å². The van der Waals surface area contributed by atoms with Crippen LogP contribution in [-0.4, -0.2) is 33.1 Å². The number of carbonyl (C=O) groups excluding carboxylic acids is 1. The lowest BCUT2D eigenvalue weighted by atomic mass is 10.0. The molecule has 0 spiro atoms. The van der Waals surface area contributed by atoms with E-state index in [2.05, 4.69) is 0 Å². The molecule has 1 aromatic carbocycles. The lowest BCUT2D eigenvalue weighted by molar-refractivity contribution is -0.143. The molecule has 0 aliphatic rings. The zero-order valence-corrected chi connectivity index (χ0v) is 10.5. The minimum Gasteiger partial charge on any atom is -0.468 e. The first-order valence-electron chi connectivity index (χ1n) is 4.93. The summed E-state index contributed by atoms with van der Waals surface area (Å²) in [6.45, 7) is 0.339. The van der Waals surface area contributed by atoms with Gasteiger partial charge < -0.3 is 9.47 Å². The molecule has 0 N–H and O–H groups in total. The lowest BCUT2D eigenvalue weighted by Crippen LogP contribution is -2.18. The zero-order chi connectivity index (χ0) is 12.0. The highest BCUT2D eigenvalue weighted by molar-refractivity contribution is 7.98. The summed E-state index contributed by atoms with van der Waals surface area (Å²) >= 11 is 1.67. The molecule has 1 unspecified atom stereocenters. The molecule has 0 heterocycles. The van der Waals surface area contributed by atoms with Gasteiger partial charge in [0.25, 0.3) is 0 Å². The van der Waals surface area contributed by atoms with E-state index in [0.29, 0.717) is 6.61 Å². The number of hydrogen-bond acceptors (Lipinski definition) is 4. The lowest BCUT2D eigenvalue weighted by Gasteiger charge is -2.14. The number of carbonyl (C=O) groups is 1. The van der Waals surface area contributed by atoms with E-state index in [1.54, 1.807) is 18.9 Å². The number of ether oxygens (including phenoxy) is 2. The average Bonchev–Trinajstić information content (AvgIpc) is 2.35. The standard InChI is InChI=1S/C12H16O3S/c1-14-8-11(12(13)15-2)9-4-6-10(16-3)7-5-9/h4-7,11H,8H2,1-3H3. The van der Waals surface area contributed by atoms with Crippen LogP contribution in [-0.2, 0) is 14.3 Å². The van der Waals surface area contributed by atoms with Gasteiger partial charge in [0.05, 0.1) is 13.7 Å². The molecular formula is C12H16O3S. The van der Waals surface area contributed by atoms with Crippen LogP contribution in [0.15, 0.2) is 29.2 Å². The van der Waals surface area contributed by atoms with Crippen molar-refractivity contribution >= 4 is 17.7 Å². The van der Waals surface area contributed by atoms with Gasteiger partial charge in [-0.3, -0.25) is 4.79 Å². The molecule has 16 heavy (non-hydrogen) atoms. The Kier molecular flexibility index (Phi) is 5.35. The Morgan fingerprint density at radius 3 is 2.38 bits per heavy atom. The highest BCUT2D eigenvalue weighted by atomic mass is 32.2. The molecule has 0 aromatic heterocycles. The van der Waals surface area contributed by atoms with E-state index in [1.165, 1.54) is 12.0 Å². The first-order valence-corrected chi connectivity index (χ1v) is 6.16. The van der Waals surface area contributed by atoms with Crippen molar-refractivity contribution in [2.75, 3.05) is 27.1 Å². The van der Waals surface area contributed by atoms with E-state index in [4.69, 9.17) is 9.47 Å². The Morgan fingerprint density at radius 1 is 1.31 bits per heavy atom. The van der Waals surface area contributed by atoms with Crippen LogP contribution in [0.3, 0.4) is 0 Å². The fraction of sp³-hybridized carbons (Fsp3) is 0.417. The summed E-state index contributed by atoms with van der Waals surface area (Å²) < 4.78 is 9.78. The molecule has 3 nitrogen and oxygen atoms in total. The molecule has 1 rings (SSSR count). The van der Waals surface area contributed by atoms with Gasteiger partial charge in [0.1, 0.15) is 5.92 Å². The number of rotatable bonds is 5. The van der Waals surface area contributed by atoms with Crippen molar-refractivity contribution in [2.24, 2.45) is 0 Å². The van der Waals surface area contributed by atoms with Gasteiger partial charge in [-0.15, -0.1) is 11.8 Å². The molecule has 0 fully saturated rings. The summed E-state index contributed by atoms with van der Waals surface area (Å²) in [5.74, 6) is -0.607. The SMILES string of the molecule is COCC(C(=O)OC)c1ccc(SC)cc1. The van der Waals surface area contributed by atoms with Crippen molar-refractivity contribution in [2.45, 2.75) is 10.8 Å². The topological polar surface area (TPSA) is 35.5 Å². The molecule has 1 aromatic rings. The maximum Gasteiger partial charge on any atom is 0.315 e. The number of benzene rings is 1. The van der Waals surface area contributed by atoms with Crippen LogP contribution < -0.4 is 0 Å². The van der Waals surface area contributed by atoms with Crippen LogP contribution in [0.2, 0.25) is 0 Å². The summed E-state index contributed by atoms with van der Waals surface area (Å²) in [7, 11) is 2.97. The summed E-state index contributed by atoms with van der Waals surface area (Å²) in [6.07, 6.45) is 2.02. The second-order valence-electron chi connectivity index (χ2n) is 3.30. The van der Waals surface area contributed by atoms with E-state index in [1.807, 2.05) is 30.5 Å². The highest BCUT2D eigenvalue weighted by Crippen LogP contribution is 2.21. The van der Waals surface area contributed by atoms with Gasteiger partial charge in [-0.25, -0.2) is 0 Å². The van der Waals surface area contributed by atoms with E-state index in [0.717, 1.165) is 5.56 Å². The maximum atomic E-state index is 11.5. The van der Waals surface area contributed by atoms with Crippen molar-refractivity contribution < 1.29 is 14.3 Å². The van der Waals surface area contributed by atoms with Crippen molar-refractivity contribution in [1.29, 1.82) is 0 Å². The molecule has 88 valence electrons.